The molecule has 4 atom stereocenters. The summed E-state index contributed by atoms with van der Waals surface area (Å²) in [6.45, 7) is 5.41. The van der Waals surface area contributed by atoms with E-state index in [0.717, 1.165) is 5.56 Å². The Kier molecular flexibility index (Phi) is 6.28. The van der Waals surface area contributed by atoms with Crippen molar-refractivity contribution < 1.29 is 13.2 Å². The minimum absolute atomic E-state index is 0. The van der Waals surface area contributed by atoms with Crippen molar-refractivity contribution in [3.05, 3.63) is 35.9 Å². The van der Waals surface area contributed by atoms with Gasteiger partial charge in [-0.15, -0.1) is 12.4 Å². The molecule has 24 heavy (non-hydrogen) atoms. The molecule has 2 aliphatic heterocycles. The molecule has 0 spiro atoms. The van der Waals surface area contributed by atoms with E-state index in [9.17, 15) is 8.42 Å². The molecule has 8 heteroatoms. The van der Waals surface area contributed by atoms with Gasteiger partial charge in [0, 0.05) is 37.6 Å². The van der Waals surface area contributed by atoms with Gasteiger partial charge in [-0.1, -0.05) is 30.3 Å². The van der Waals surface area contributed by atoms with Gasteiger partial charge in [-0.3, -0.25) is 0 Å². The van der Waals surface area contributed by atoms with E-state index in [1.165, 1.54) is 4.31 Å². The van der Waals surface area contributed by atoms with Crippen LogP contribution in [0.3, 0.4) is 0 Å². The van der Waals surface area contributed by atoms with Crippen LogP contribution in [-0.4, -0.2) is 61.5 Å². The van der Waals surface area contributed by atoms with Crippen LogP contribution in [0, 0.1) is 0 Å². The zero-order valence-electron chi connectivity index (χ0n) is 14.0. The summed E-state index contributed by atoms with van der Waals surface area (Å²) in [6.07, 6.45) is -0.0813. The maximum Gasteiger partial charge on any atom is 0.282 e. The predicted molar refractivity (Wildman–Crippen MR) is 96.5 cm³/mol. The highest BCUT2D eigenvalue weighted by molar-refractivity contribution is 7.86. The van der Waals surface area contributed by atoms with E-state index >= 15 is 0 Å². The van der Waals surface area contributed by atoms with Crippen LogP contribution in [-0.2, 0) is 14.9 Å². The van der Waals surface area contributed by atoms with Gasteiger partial charge in [-0.25, -0.2) is 0 Å². The van der Waals surface area contributed by atoms with Crippen molar-refractivity contribution in [3.63, 3.8) is 0 Å². The quantitative estimate of drug-likeness (QED) is 0.861. The van der Waals surface area contributed by atoms with Gasteiger partial charge in [0.25, 0.3) is 10.2 Å². The van der Waals surface area contributed by atoms with Crippen LogP contribution in [0.4, 0.5) is 0 Å². The van der Waals surface area contributed by atoms with Crippen LogP contribution in [0.5, 0.6) is 0 Å². The van der Waals surface area contributed by atoms with E-state index in [-0.39, 0.29) is 36.5 Å². The lowest BCUT2D eigenvalue weighted by Gasteiger charge is -2.37. The van der Waals surface area contributed by atoms with E-state index in [2.05, 4.69) is 0 Å². The molecular weight excluding hydrogens is 350 g/mol. The molecule has 3 rings (SSSR count). The number of hydrogen-bond acceptors (Lipinski definition) is 4. The Balaban J connectivity index is 0.00000208. The summed E-state index contributed by atoms with van der Waals surface area (Å²) in [7, 11) is -3.51. The summed E-state index contributed by atoms with van der Waals surface area (Å²) in [5, 5.41) is 0. The fraction of sp³-hybridized carbons (Fsp3) is 0.625. The van der Waals surface area contributed by atoms with Crippen LogP contribution in [0.2, 0.25) is 0 Å². The number of rotatable bonds is 3. The summed E-state index contributed by atoms with van der Waals surface area (Å²) >= 11 is 0. The van der Waals surface area contributed by atoms with Crippen molar-refractivity contribution in [1.82, 2.24) is 8.61 Å². The first-order valence-electron chi connectivity index (χ1n) is 8.08. The average Bonchev–Trinajstić information content (AvgIpc) is 2.93. The molecule has 1 aromatic rings. The van der Waals surface area contributed by atoms with Gasteiger partial charge in [0.05, 0.1) is 12.7 Å². The van der Waals surface area contributed by atoms with Crippen molar-refractivity contribution in [2.24, 2.45) is 5.73 Å². The number of benzene rings is 1. The number of halogens is 1. The molecule has 2 N–H and O–H groups in total. The molecule has 0 bridgehead atoms. The Morgan fingerprint density at radius 1 is 1.12 bits per heavy atom. The minimum Gasteiger partial charge on any atom is -0.375 e. The lowest BCUT2D eigenvalue weighted by atomic mass is 9.95. The number of ether oxygens (including phenoxy) is 1. The lowest BCUT2D eigenvalue weighted by molar-refractivity contribution is -0.0188. The monoisotopic (exact) mass is 375 g/mol. The first kappa shape index (κ1) is 19.6. The second kappa shape index (κ2) is 7.68. The second-order valence-electron chi connectivity index (χ2n) is 6.57. The van der Waals surface area contributed by atoms with Crippen LogP contribution in [0.1, 0.15) is 25.3 Å². The van der Waals surface area contributed by atoms with Crippen molar-refractivity contribution in [2.45, 2.75) is 38.0 Å². The van der Waals surface area contributed by atoms with Gasteiger partial charge in [0.2, 0.25) is 0 Å². The molecule has 1 aromatic carbocycles. The topological polar surface area (TPSA) is 75.9 Å². The standard InChI is InChI=1S/C16H25N3O3S.ClH/c1-12-11-22-13(2)8-19(12)23(20,21)18-9-15(16(17)10-18)14-6-4-3-5-7-14;/h3-7,12-13,15-16H,8-11,17H2,1-2H3;1H/t12?,13?,15-,16+;/m0./s1. The van der Waals surface area contributed by atoms with Gasteiger partial charge in [-0.05, 0) is 19.4 Å². The number of morpholine rings is 1. The summed E-state index contributed by atoms with van der Waals surface area (Å²) in [6, 6.07) is 9.58. The van der Waals surface area contributed by atoms with Crippen LogP contribution < -0.4 is 5.73 Å². The molecular formula is C16H26ClN3O3S. The zero-order valence-corrected chi connectivity index (χ0v) is 15.7. The molecule has 0 aromatic heterocycles. The third kappa shape index (κ3) is 3.76. The minimum atomic E-state index is -3.51. The van der Waals surface area contributed by atoms with Crippen LogP contribution in [0.25, 0.3) is 0 Å². The highest BCUT2D eigenvalue weighted by atomic mass is 35.5. The van der Waals surface area contributed by atoms with Crippen molar-refractivity contribution in [3.8, 4) is 0 Å². The second-order valence-corrected chi connectivity index (χ2v) is 8.45. The molecule has 2 aliphatic rings. The highest BCUT2D eigenvalue weighted by Crippen LogP contribution is 2.30. The summed E-state index contributed by atoms with van der Waals surface area (Å²) in [4.78, 5) is 0. The molecule has 0 saturated carbocycles. The molecule has 0 aliphatic carbocycles. The van der Waals surface area contributed by atoms with Gasteiger partial charge in [0.15, 0.2) is 0 Å². The van der Waals surface area contributed by atoms with E-state index in [4.69, 9.17) is 10.5 Å². The summed E-state index contributed by atoms with van der Waals surface area (Å²) < 4.78 is 34.6. The van der Waals surface area contributed by atoms with E-state index in [1.807, 2.05) is 44.2 Å². The average molecular weight is 376 g/mol. The van der Waals surface area contributed by atoms with E-state index < -0.39 is 10.2 Å². The van der Waals surface area contributed by atoms with E-state index in [1.54, 1.807) is 4.31 Å². The maximum atomic E-state index is 13.0. The van der Waals surface area contributed by atoms with Crippen LogP contribution in [0.15, 0.2) is 30.3 Å². The van der Waals surface area contributed by atoms with Gasteiger partial charge in [-0.2, -0.15) is 17.0 Å². The molecule has 2 heterocycles. The molecule has 0 amide bonds. The first-order chi connectivity index (χ1) is 10.9. The first-order valence-corrected chi connectivity index (χ1v) is 9.48. The maximum absolute atomic E-state index is 13.0. The van der Waals surface area contributed by atoms with Gasteiger partial charge in [0.1, 0.15) is 0 Å². The summed E-state index contributed by atoms with van der Waals surface area (Å²) in [5.41, 5.74) is 7.34. The van der Waals surface area contributed by atoms with E-state index in [0.29, 0.717) is 26.2 Å². The molecule has 136 valence electrons. The normalized spacial score (nSPS) is 32.5. The predicted octanol–water partition coefficient (Wildman–Crippen LogP) is 1.19. The van der Waals surface area contributed by atoms with Crippen molar-refractivity contribution in [1.29, 1.82) is 0 Å². The Bertz CT molecular complexity index is 643. The Morgan fingerprint density at radius 3 is 2.46 bits per heavy atom. The fourth-order valence-corrected chi connectivity index (χ4v) is 5.30. The Hall–Kier alpha value is -0.700. The molecule has 0 radical (unpaired) electrons. The smallest absolute Gasteiger partial charge is 0.282 e. The molecule has 2 fully saturated rings. The van der Waals surface area contributed by atoms with Crippen LogP contribution >= 0.6 is 12.4 Å². The molecule has 6 nitrogen and oxygen atoms in total. The summed E-state index contributed by atoms with van der Waals surface area (Å²) in [5.74, 6) is 0.0414. The highest BCUT2D eigenvalue weighted by Gasteiger charge is 2.43. The SMILES string of the molecule is CC1CN(S(=O)(=O)N2C[C@@H](N)[C@H](c3ccccc3)C2)C(C)CO1.Cl. The van der Waals surface area contributed by atoms with Crippen molar-refractivity contribution in [2.75, 3.05) is 26.2 Å². The Labute approximate surface area is 150 Å². The number of nitrogens with two attached hydrogens (primary N) is 1. The van der Waals surface area contributed by atoms with Crippen molar-refractivity contribution >= 4 is 22.6 Å². The third-order valence-electron chi connectivity index (χ3n) is 4.73. The molecule has 2 saturated heterocycles. The lowest BCUT2D eigenvalue weighted by Crippen LogP contribution is -2.54. The van der Waals surface area contributed by atoms with Gasteiger partial charge >= 0.3 is 0 Å². The molecule has 2 unspecified atom stereocenters. The number of hydrogen-bond donors (Lipinski definition) is 1. The zero-order chi connectivity index (χ0) is 16.6. The van der Waals surface area contributed by atoms with Gasteiger partial charge < -0.3 is 10.5 Å². The largest absolute Gasteiger partial charge is 0.375 e. The number of nitrogens with zero attached hydrogens (tertiary/aromatic N) is 2. The Morgan fingerprint density at radius 2 is 1.79 bits per heavy atom. The third-order valence-corrected chi connectivity index (χ3v) is 6.78. The fourth-order valence-electron chi connectivity index (χ4n) is 3.38.